The topological polar surface area (TPSA) is 17.1 Å². The van der Waals surface area contributed by atoms with Crippen molar-refractivity contribution in [2.75, 3.05) is 0 Å². The number of carbonyl (C=O) groups excluding carboxylic acids is 1. The number of alkyl halides is 1. The van der Waals surface area contributed by atoms with Gasteiger partial charge in [0.25, 0.3) is 0 Å². The number of hydrogen-bond donors (Lipinski definition) is 0. The predicted octanol–water partition coefficient (Wildman–Crippen LogP) is 4.97. The van der Waals surface area contributed by atoms with E-state index < -0.39 is 0 Å². The molecule has 0 atom stereocenters. The van der Waals surface area contributed by atoms with Crippen molar-refractivity contribution < 1.29 is 4.79 Å². The number of ketones is 1. The van der Waals surface area contributed by atoms with Crippen LogP contribution in [-0.2, 0) is 5.33 Å². The molecule has 0 aromatic heterocycles. The van der Waals surface area contributed by atoms with E-state index in [9.17, 15) is 4.79 Å². The average molecular weight is 325 g/mol. The molecule has 3 aromatic carbocycles. The highest BCUT2D eigenvalue weighted by Gasteiger charge is 2.09. The zero-order valence-electron chi connectivity index (χ0n) is 10.8. The molecule has 0 radical (unpaired) electrons. The van der Waals surface area contributed by atoms with Gasteiger partial charge in [-0.3, -0.25) is 4.79 Å². The summed E-state index contributed by atoms with van der Waals surface area (Å²) in [6, 6.07) is 21.6. The summed E-state index contributed by atoms with van der Waals surface area (Å²) in [4.78, 5) is 12.5. The summed E-state index contributed by atoms with van der Waals surface area (Å²) in [5.41, 5.74) is 2.63. The highest BCUT2D eigenvalue weighted by molar-refractivity contribution is 9.08. The lowest BCUT2D eigenvalue weighted by Crippen LogP contribution is -2.01. The van der Waals surface area contributed by atoms with Crippen molar-refractivity contribution in [3.05, 3.63) is 83.4 Å². The number of carbonyl (C=O) groups is 1. The fraction of sp³-hybridized carbons (Fsp3) is 0.0556. The van der Waals surface area contributed by atoms with Crippen molar-refractivity contribution in [3.8, 4) is 0 Å². The van der Waals surface area contributed by atoms with E-state index >= 15 is 0 Å². The van der Waals surface area contributed by atoms with Crippen LogP contribution in [0.15, 0.2) is 66.7 Å². The van der Waals surface area contributed by atoms with Crippen LogP contribution >= 0.6 is 15.9 Å². The minimum absolute atomic E-state index is 0.0666. The molecule has 0 N–H and O–H groups in total. The maximum absolute atomic E-state index is 12.5. The van der Waals surface area contributed by atoms with Gasteiger partial charge in [-0.05, 0) is 22.4 Å². The van der Waals surface area contributed by atoms with Crippen molar-refractivity contribution in [1.29, 1.82) is 0 Å². The van der Waals surface area contributed by atoms with E-state index in [2.05, 4.69) is 15.9 Å². The van der Waals surface area contributed by atoms with Gasteiger partial charge >= 0.3 is 0 Å². The van der Waals surface area contributed by atoms with Gasteiger partial charge < -0.3 is 0 Å². The summed E-state index contributed by atoms with van der Waals surface area (Å²) in [5, 5.41) is 3.05. The zero-order chi connectivity index (χ0) is 13.9. The molecule has 0 spiro atoms. The minimum atomic E-state index is 0.0666. The Morgan fingerprint density at radius 3 is 2.15 bits per heavy atom. The van der Waals surface area contributed by atoms with Gasteiger partial charge in [0.1, 0.15) is 0 Å². The molecule has 0 aliphatic heterocycles. The predicted molar refractivity (Wildman–Crippen MR) is 86.5 cm³/mol. The molecular weight excluding hydrogens is 312 g/mol. The molecule has 98 valence electrons. The largest absolute Gasteiger partial charge is 0.289 e. The summed E-state index contributed by atoms with van der Waals surface area (Å²) in [5.74, 6) is 0.0666. The van der Waals surface area contributed by atoms with Gasteiger partial charge in [-0.25, -0.2) is 0 Å². The van der Waals surface area contributed by atoms with Crippen molar-refractivity contribution in [2.24, 2.45) is 0 Å². The van der Waals surface area contributed by atoms with Gasteiger partial charge in [-0.2, -0.15) is 0 Å². The molecule has 0 aliphatic carbocycles. The van der Waals surface area contributed by atoms with Crippen LogP contribution in [0, 0.1) is 0 Å². The van der Waals surface area contributed by atoms with Crippen molar-refractivity contribution in [1.82, 2.24) is 0 Å². The molecular formula is C18H13BrO. The van der Waals surface area contributed by atoms with E-state index in [1.165, 1.54) is 5.56 Å². The van der Waals surface area contributed by atoms with Gasteiger partial charge in [0.2, 0.25) is 0 Å². The summed E-state index contributed by atoms with van der Waals surface area (Å²) < 4.78 is 0. The third-order valence-corrected chi connectivity index (χ3v) is 4.03. The Hall–Kier alpha value is -1.93. The third-order valence-electron chi connectivity index (χ3n) is 3.38. The zero-order valence-corrected chi connectivity index (χ0v) is 12.4. The number of benzene rings is 3. The monoisotopic (exact) mass is 324 g/mol. The first-order chi connectivity index (χ1) is 9.78. The van der Waals surface area contributed by atoms with Crippen LogP contribution in [0.4, 0.5) is 0 Å². The molecule has 0 saturated heterocycles. The Bertz CT molecular complexity index is 760. The fourth-order valence-corrected chi connectivity index (χ4v) is 2.62. The first-order valence-corrected chi connectivity index (χ1v) is 7.58. The lowest BCUT2D eigenvalue weighted by atomic mass is 9.99. The molecule has 0 aliphatic rings. The molecule has 0 fully saturated rings. The van der Waals surface area contributed by atoms with Crippen LogP contribution in [0.2, 0.25) is 0 Å². The second-order valence-corrected chi connectivity index (χ2v) is 5.28. The van der Waals surface area contributed by atoms with Crippen molar-refractivity contribution in [3.63, 3.8) is 0 Å². The Balaban J connectivity index is 1.98. The molecule has 1 nitrogen and oxygen atoms in total. The lowest BCUT2D eigenvalue weighted by molar-refractivity contribution is 0.103. The van der Waals surface area contributed by atoms with E-state index in [-0.39, 0.29) is 5.78 Å². The summed E-state index contributed by atoms with van der Waals surface area (Å²) in [7, 11) is 0. The Labute approximate surface area is 126 Å². The Morgan fingerprint density at radius 1 is 0.800 bits per heavy atom. The van der Waals surface area contributed by atoms with Crippen LogP contribution in [-0.4, -0.2) is 5.78 Å². The van der Waals surface area contributed by atoms with E-state index in [1.807, 2.05) is 66.7 Å². The second kappa shape index (κ2) is 5.59. The molecule has 0 heterocycles. The number of fused-ring (bicyclic) bond motifs is 1. The van der Waals surface area contributed by atoms with E-state index in [0.717, 1.165) is 27.2 Å². The van der Waals surface area contributed by atoms with E-state index in [4.69, 9.17) is 0 Å². The average Bonchev–Trinajstić information content (AvgIpc) is 2.54. The maximum Gasteiger partial charge on any atom is 0.193 e. The van der Waals surface area contributed by atoms with Crippen molar-refractivity contribution in [2.45, 2.75) is 5.33 Å². The third kappa shape index (κ3) is 2.52. The van der Waals surface area contributed by atoms with Gasteiger partial charge in [0.05, 0.1) is 0 Å². The van der Waals surface area contributed by atoms with Gasteiger partial charge in [0, 0.05) is 16.5 Å². The van der Waals surface area contributed by atoms with Crippen LogP contribution < -0.4 is 0 Å². The number of hydrogen-bond acceptors (Lipinski definition) is 1. The van der Waals surface area contributed by atoms with Crippen LogP contribution in [0.5, 0.6) is 0 Å². The van der Waals surface area contributed by atoms with Crippen LogP contribution in [0.3, 0.4) is 0 Å². The molecule has 0 unspecified atom stereocenters. The Morgan fingerprint density at radius 2 is 1.45 bits per heavy atom. The van der Waals surface area contributed by atoms with Crippen molar-refractivity contribution >= 4 is 32.5 Å². The summed E-state index contributed by atoms with van der Waals surface area (Å²) >= 11 is 3.41. The first kappa shape index (κ1) is 13.1. The number of rotatable bonds is 3. The molecule has 0 amide bonds. The van der Waals surface area contributed by atoms with E-state index in [1.54, 1.807) is 0 Å². The summed E-state index contributed by atoms with van der Waals surface area (Å²) in [6.45, 7) is 0. The van der Waals surface area contributed by atoms with Gasteiger partial charge in [-0.15, -0.1) is 0 Å². The Kier molecular flexibility index (Phi) is 3.66. The van der Waals surface area contributed by atoms with E-state index in [0.29, 0.717) is 0 Å². The quantitative estimate of drug-likeness (QED) is 0.491. The molecule has 3 aromatic rings. The molecule has 2 heteroatoms. The second-order valence-electron chi connectivity index (χ2n) is 4.72. The maximum atomic E-state index is 12.5. The summed E-state index contributed by atoms with van der Waals surface area (Å²) in [6.07, 6.45) is 0. The highest BCUT2D eigenvalue weighted by Crippen LogP contribution is 2.18. The lowest BCUT2D eigenvalue weighted by Gasteiger charge is -2.04. The molecule has 0 saturated carbocycles. The van der Waals surface area contributed by atoms with Crippen LogP contribution in [0.25, 0.3) is 10.8 Å². The van der Waals surface area contributed by atoms with Crippen LogP contribution in [0.1, 0.15) is 21.5 Å². The highest BCUT2D eigenvalue weighted by atomic mass is 79.9. The van der Waals surface area contributed by atoms with Gasteiger partial charge in [0.15, 0.2) is 5.78 Å². The fourth-order valence-electron chi connectivity index (χ4n) is 2.24. The molecule has 0 bridgehead atoms. The SMILES string of the molecule is O=C(c1ccc(CBr)cc1)c1ccc2ccccc2c1. The minimum Gasteiger partial charge on any atom is -0.289 e. The standard InChI is InChI=1S/C18H13BrO/c19-12-13-5-7-15(8-6-13)18(20)17-10-9-14-3-1-2-4-16(14)11-17/h1-11H,12H2. The van der Waals surface area contributed by atoms with Gasteiger partial charge in [-0.1, -0.05) is 76.6 Å². The normalized spacial score (nSPS) is 10.7. The molecule has 20 heavy (non-hydrogen) atoms. The smallest absolute Gasteiger partial charge is 0.193 e. The first-order valence-electron chi connectivity index (χ1n) is 6.46. The molecule has 3 rings (SSSR count). The number of halogens is 1.